The zero-order chi connectivity index (χ0) is 14.7. The molecule has 1 saturated carbocycles. The predicted octanol–water partition coefficient (Wildman–Crippen LogP) is 4.43. The molecule has 0 spiro atoms. The lowest BCUT2D eigenvalue weighted by molar-refractivity contribution is 0.248. The van der Waals surface area contributed by atoms with Crippen molar-refractivity contribution in [1.82, 2.24) is 14.5 Å². The van der Waals surface area contributed by atoms with E-state index in [4.69, 9.17) is 16.6 Å². The van der Waals surface area contributed by atoms with Gasteiger partial charge in [0.1, 0.15) is 11.3 Å². The molecule has 0 atom stereocenters. The van der Waals surface area contributed by atoms with Crippen LogP contribution >= 0.6 is 11.6 Å². The van der Waals surface area contributed by atoms with Crippen molar-refractivity contribution in [2.24, 2.45) is 11.8 Å². The normalized spacial score (nSPS) is 22.8. The molecule has 3 rings (SSSR count). The second-order valence-corrected chi connectivity index (χ2v) is 6.61. The van der Waals surface area contributed by atoms with Crippen molar-refractivity contribution in [1.29, 1.82) is 0 Å². The number of hydrogen-bond donors (Lipinski definition) is 0. The van der Waals surface area contributed by atoms with Crippen LogP contribution in [0.25, 0.3) is 11.0 Å². The molecule has 0 unspecified atom stereocenters. The molecule has 0 radical (unpaired) electrons. The Hall–Kier alpha value is -1.09. The highest BCUT2D eigenvalue weighted by molar-refractivity contribution is 6.17. The van der Waals surface area contributed by atoms with Gasteiger partial charge in [0, 0.05) is 25.0 Å². The first kappa shape index (κ1) is 14.8. The maximum Gasteiger partial charge on any atom is 0.111 e. The van der Waals surface area contributed by atoms with E-state index in [0.717, 1.165) is 36.1 Å². The first-order valence-corrected chi connectivity index (χ1v) is 8.70. The number of rotatable bonds is 5. The Balaban J connectivity index is 1.80. The number of alkyl halides is 1. The second kappa shape index (κ2) is 6.78. The number of aromatic nitrogens is 3. The molecule has 2 heterocycles. The van der Waals surface area contributed by atoms with Crippen molar-refractivity contribution in [3.8, 4) is 0 Å². The predicted molar refractivity (Wildman–Crippen MR) is 87.7 cm³/mol. The van der Waals surface area contributed by atoms with Crippen LogP contribution in [-0.4, -0.2) is 20.4 Å². The van der Waals surface area contributed by atoms with Crippen molar-refractivity contribution in [3.05, 3.63) is 24.3 Å². The summed E-state index contributed by atoms with van der Waals surface area (Å²) in [6.45, 7) is 3.41. The van der Waals surface area contributed by atoms with Crippen molar-refractivity contribution >= 4 is 22.6 Å². The number of pyridine rings is 1. The van der Waals surface area contributed by atoms with Gasteiger partial charge >= 0.3 is 0 Å². The minimum absolute atomic E-state index is 0.624. The van der Waals surface area contributed by atoms with E-state index in [1.54, 1.807) is 0 Å². The van der Waals surface area contributed by atoms with Gasteiger partial charge in [-0.2, -0.15) is 0 Å². The molecule has 1 fully saturated rings. The van der Waals surface area contributed by atoms with Crippen LogP contribution in [0, 0.1) is 11.8 Å². The molecule has 0 bridgehead atoms. The lowest BCUT2D eigenvalue weighted by atomic mass is 9.81. The van der Waals surface area contributed by atoms with Crippen molar-refractivity contribution in [2.45, 2.75) is 52.0 Å². The summed E-state index contributed by atoms with van der Waals surface area (Å²) in [5.74, 6) is 3.48. The maximum absolute atomic E-state index is 5.95. The number of aryl methyl sites for hydroxylation is 1. The molecule has 114 valence electrons. The van der Waals surface area contributed by atoms with Crippen LogP contribution in [0.3, 0.4) is 0 Å². The molecular formula is C17H24ClN3. The van der Waals surface area contributed by atoms with E-state index < -0.39 is 0 Å². The zero-order valence-electron chi connectivity index (χ0n) is 12.8. The van der Waals surface area contributed by atoms with E-state index in [-0.39, 0.29) is 0 Å². The molecule has 0 aromatic carbocycles. The van der Waals surface area contributed by atoms with E-state index in [1.807, 2.05) is 12.4 Å². The first-order valence-electron chi connectivity index (χ1n) is 8.17. The summed E-state index contributed by atoms with van der Waals surface area (Å²) in [4.78, 5) is 8.90. The molecule has 4 heteroatoms. The highest BCUT2D eigenvalue weighted by Gasteiger charge is 2.22. The number of fused-ring (bicyclic) bond motifs is 1. The van der Waals surface area contributed by atoms with Gasteiger partial charge in [-0.15, -0.1) is 11.6 Å². The van der Waals surface area contributed by atoms with Gasteiger partial charge in [0.05, 0.1) is 11.7 Å². The zero-order valence-corrected chi connectivity index (χ0v) is 13.5. The Kier molecular flexibility index (Phi) is 4.79. The van der Waals surface area contributed by atoms with Gasteiger partial charge in [0.2, 0.25) is 0 Å². The van der Waals surface area contributed by atoms with Crippen LogP contribution in [0.1, 0.15) is 44.9 Å². The third kappa shape index (κ3) is 3.23. The largest absolute Gasteiger partial charge is 0.328 e. The Bertz CT molecular complexity index is 585. The molecule has 2 aromatic heterocycles. The van der Waals surface area contributed by atoms with Gasteiger partial charge in [-0.3, -0.25) is 4.98 Å². The minimum Gasteiger partial charge on any atom is -0.328 e. The number of halogens is 1. The van der Waals surface area contributed by atoms with Gasteiger partial charge < -0.3 is 4.57 Å². The molecule has 21 heavy (non-hydrogen) atoms. The molecule has 0 saturated heterocycles. The molecule has 3 nitrogen and oxygen atoms in total. The SMILES string of the molecule is CCC1CCC(Cn2c(CCCl)nc3cnccc32)CC1. The molecular weight excluding hydrogens is 282 g/mol. The monoisotopic (exact) mass is 305 g/mol. The van der Waals surface area contributed by atoms with E-state index in [0.29, 0.717) is 5.88 Å². The fraction of sp³-hybridized carbons (Fsp3) is 0.647. The van der Waals surface area contributed by atoms with Crippen LogP contribution in [0.4, 0.5) is 0 Å². The minimum atomic E-state index is 0.624. The molecule has 2 aromatic rings. The average Bonchev–Trinajstić information content (AvgIpc) is 2.86. The van der Waals surface area contributed by atoms with Crippen LogP contribution < -0.4 is 0 Å². The number of nitrogens with zero attached hydrogens (tertiary/aromatic N) is 3. The molecule has 0 N–H and O–H groups in total. The van der Waals surface area contributed by atoms with Crippen molar-refractivity contribution in [3.63, 3.8) is 0 Å². The highest BCUT2D eigenvalue weighted by atomic mass is 35.5. The van der Waals surface area contributed by atoms with Crippen molar-refractivity contribution in [2.75, 3.05) is 5.88 Å². The van der Waals surface area contributed by atoms with Crippen LogP contribution in [0.2, 0.25) is 0 Å². The Morgan fingerprint density at radius 1 is 1.24 bits per heavy atom. The molecule has 0 aliphatic heterocycles. The summed E-state index contributed by atoms with van der Waals surface area (Å²) in [7, 11) is 0. The van der Waals surface area contributed by atoms with Crippen LogP contribution in [0.5, 0.6) is 0 Å². The van der Waals surface area contributed by atoms with Gasteiger partial charge in [-0.1, -0.05) is 26.2 Å². The summed E-state index contributed by atoms with van der Waals surface area (Å²) >= 11 is 5.95. The summed E-state index contributed by atoms with van der Waals surface area (Å²) in [5, 5.41) is 0. The lowest BCUT2D eigenvalue weighted by Crippen LogP contribution is -2.20. The van der Waals surface area contributed by atoms with E-state index in [1.165, 1.54) is 37.6 Å². The molecule has 1 aliphatic carbocycles. The quantitative estimate of drug-likeness (QED) is 0.765. The summed E-state index contributed by atoms with van der Waals surface area (Å²) < 4.78 is 2.39. The molecule has 1 aliphatic rings. The first-order chi connectivity index (χ1) is 10.3. The fourth-order valence-electron chi connectivity index (χ4n) is 3.59. The third-order valence-electron chi connectivity index (χ3n) is 4.93. The number of imidazole rings is 1. The smallest absolute Gasteiger partial charge is 0.111 e. The topological polar surface area (TPSA) is 30.7 Å². The van der Waals surface area contributed by atoms with Crippen LogP contribution in [0.15, 0.2) is 18.5 Å². The van der Waals surface area contributed by atoms with Gasteiger partial charge in [0.15, 0.2) is 0 Å². The number of hydrogen-bond acceptors (Lipinski definition) is 2. The van der Waals surface area contributed by atoms with Crippen LogP contribution in [-0.2, 0) is 13.0 Å². The van der Waals surface area contributed by atoms with Crippen molar-refractivity contribution < 1.29 is 0 Å². The lowest BCUT2D eigenvalue weighted by Gasteiger charge is -2.28. The van der Waals surface area contributed by atoms with E-state index in [2.05, 4.69) is 22.5 Å². The third-order valence-corrected chi connectivity index (χ3v) is 5.12. The maximum atomic E-state index is 5.95. The Morgan fingerprint density at radius 3 is 2.71 bits per heavy atom. The summed E-state index contributed by atoms with van der Waals surface area (Å²) in [5.41, 5.74) is 2.21. The standard InChI is InChI=1S/C17H24ClN3/c1-2-13-3-5-14(6-4-13)12-21-16-8-10-19-11-15(16)20-17(21)7-9-18/h8,10-11,13-14H,2-7,9,12H2,1H3. The summed E-state index contributed by atoms with van der Waals surface area (Å²) in [6.07, 6.45) is 11.4. The second-order valence-electron chi connectivity index (χ2n) is 6.24. The Labute approximate surface area is 131 Å². The Morgan fingerprint density at radius 2 is 2.00 bits per heavy atom. The summed E-state index contributed by atoms with van der Waals surface area (Å²) in [6, 6.07) is 2.08. The average molecular weight is 306 g/mol. The van der Waals surface area contributed by atoms with Gasteiger partial charge in [0.25, 0.3) is 0 Å². The fourth-order valence-corrected chi connectivity index (χ4v) is 3.76. The van der Waals surface area contributed by atoms with E-state index in [9.17, 15) is 0 Å². The van der Waals surface area contributed by atoms with E-state index >= 15 is 0 Å². The van der Waals surface area contributed by atoms with Gasteiger partial charge in [-0.05, 0) is 30.7 Å². The van der Waals surface area contributed by atoms with Gasteiger partial charge in [-0.25, -0.2) is 4.98 Å². The highest BCUT2D eigenvalue weighted by Crippen LogP contribution is 2.32. The molecule has 0 amide bonds.